The van der Waals surface area contributed by atoms with Crippen molar-refractivity contribution in [2.24, 2.45) is 0 Å². The maximum Gasteiger partial charge on any atom is 0.236 e. The van der Waals surface area contributed by atoms with E-state index in [0.717, 1.165) is 15.8 Å². The molecule has 152 valence electrons. The molecule has 2 aromatic carbocycles. The molecule has 0 spiro atoms. The molecule has 1 amide bonds. The van der Waals surface area contributed by atoms with Crippen molar-refractivity contribution in [3.8, 4) is 17.1 Å². The number of benzene rings is 2. The number of thiazole rings is 1. The van der Waals surface area contributed by atoms with E-state index in [9.17, 15) is 4.79 Å². The Morgan fingerprint density at radius 3 is 2.83 bits per heavy atom. The fraction of sp³-hybridized carbons (Fsp3) is 0.143. The molecule has 2 aromatic heterocycles. The third-order valence-electron chi connectivity index (χ3n) is 4.25. The van der Waals surface area contributed by atoms with Gasteiger partial charge in [-0.25, -0.2) is 4.98 Å². The van der Waals surface area contributed by atoms with Crippen molar-refractivity contribution in [2.45, 2.75) is 11.7 Å². The van der Waals surface area contributed by atoms with Gasteiger partial charge in [-0.2, -0.15) is 0 Å². The molecule has 9 heteroatoms. The van der Waals surface area contributed by atoms with Gasteiger partial charge >= 0.3 is 0 Å². The molecule has 4 aromatic rings. The van der Waals surface area contributed by atoms with Gasteiger partial charge in [-0.15, -0.1) is 16.8 Å². The van der Waals surface area contributed by atoms with Gasteiger partial charge in [0.05, 0.1) is 28.6 Å². The highest BCUT2D eigenvalue weighted by Gasteiger charge is 2.18. The highest BCUT2D eigenvalue weighted by atomic mass is 32.2. The number of allylic oxidation sites excluding steroid dienone is 1. The summed E-state index contributed by atoms with van der Waals surface area (Å²) in [6, 6.07) is 15.4. The molecule has 2 heterocycles. The van der Waals surface area contributed by atoms with E-state index in [1.165, 1.54) is 23.1 Å². The summed E-state index contributed by atoms with van der Waals surface area (Å²) in [5.74, 6) is 1.42. The fourth-order valence-corrected chi connectivity index (χ4v) is 4.56. The van der Waals surface area contributed by atoms with E-state index in [0.29, 0.717) is 28.4 Å². The van der Waals surface area contributed by atoms with Gasteiger partial charge < -0.3 is 10.1 Å². The second kappa shape index (κ2) is 9.10. The number of hydrogen-bond acceptors (Lipinski definition) is 7. The SMILES string of the molecule is C=CCn1c(SCC(=O)Nc2nc3ccccc3s2)nnc1-c1ccccc1OC. The first-order valence-electron chi connectivity index (χ1n) is 9.15. The van der Waals surface area contributed by atoms with Crippen LogP contribution in [-0.4, -0.2) is 38.5 Å². The number of thioether (sulfide) groups is 1. The van der Waals surface area contributed by atoms with Crippen LogP contribution in [0.1, 0.15) is 0 Å². The zero-order chi connectivity index (χ0) is 20.9. The van der Waals surface area contributed by atoms with Crippen LogP contribution in [0.15, 0.2) is 66.3 Å². The Balaban J connectivity index is 1.49. The number of rotatable bonds is 8. The maximum absolute atomic E-state index is 12.4. The number of fused-ring (bicyclic) bond motifs is 1. The molecule has 0 bridgehead atoms. The number of nitrogens with one attached hydrogen (secondary N) is 1. The van der Waals surface area contributed by atoms with Crippen molar-refractivity contribution in [3.63, 3.8) is 0 Å². The normalized spacial score (nSPS) is 10.8. The monoisotopic (exact) mass is 437 g/mol. The third-order valence-corrected chi connectivity index (χ3v) is 6.17. The average Bonchev–Trinajstić information content (AvgIpc) is 3.35. The van der Waals surface area contributed by atoms with Gasteiger partial charge in [0.15, 0.2) is 16.1 Å². The summed E-state index contributed by atoms with van der Waals surface area (Å²) in [4.78, 5) is 16.9. The van der Waals surface area contributed by atoms with E-state index >= 15 is 0 Å². The molecule has 0 aliphatic carbocycles. The molecule has 0 fully saturated rings. The summed E-state index contributed by atoms with van der Waals surface area (Å²) in [5, 5.41) is 12.7. The Hall–Kier alpha value is -3.17. The van der Waals surface area contributed by atoms with Gasteiger partial charge in [-0.3, -0.25) is 9.36 Å². The minimum atomic E-state index is -0.147. The van der Waals surface area contributed by atoms with Crippen LogP contribution in [-0.2, 0) is 11.3 Å². The summed E-state index contributed by atoms with van der Waals surface area (Å²) in [5.41, 5.74) is 1.71. The van der Waals surface area contributed by atoms with E-state index in [1.807, 2.05) is 53.1 Å². The zero-order valence-electron chi connectivity index (χ0n) is 16.2. The van der Waals surface area contributed by atoms with E-state index in [2.05, 4.69) is 27.1 Å². The Bertz CT molecular complexity index is 1170. The van der Waals surface area contributed by atoms with Crippen molar-refractivity contribution in [2.75, 3.05) is 18.2 Å². The number of methoxy groups -OCH3 is 1. The predicted molar refractivity (Wildman–Crippen MR) is 121 cm³/mol. The van der Waals surface area contributed by atoms with Crippen molar-refractivity contribution >= 4 is 44.4 Å². The number of carbonyl (C=O) groups excluding carboxylic acids is 1. The van der Waals surface area contributed by atoms with Gasteiger partial charge in [0.2, 0.25) is 5.91 Å². The number of nitrogens with zero attached hydrogens (tertiary/aromatic N) is 4. The van der Waals surface area contributed by atoms with Crippen LogP contribution in [0.5, 0.6) is 5.75 Å². The molecule has 0 saturated heterocycles. The first kappa shape index (κ1) is 20.1. The zero-order valence-corrected chi connectivity index (χ0v) is 17.9. The molecule has 1 N–H and O–H groups in total. The van der Waals surface area contributed by atoms with Crippen LogP contribution in [0, 0.1) is 0 Å². The van der Waals surface area contributed by atoms with Crippen molar-refractivity contribution in [1.82, 2.24) is 19.7 Å². The molecule has 0 aliphatic rings. The van der Waals surface area contributed by atoms with Gasteiger partial charge in [0.1, 0.15) is 5.75 Å². The lowest BCUT2D eigenvalue weighted by molar-refractivity contribution is -0.113. The second-order valence-corrected chi connectivity index (χ2v) is 8.20. The Labute approximate surface area is 181 Å². The van der Waals surface area contributed by atoms with Crippen molar-refractivity contribution in [3.05, 3.63) is 61.2 Å². The Morgan fingerprint density at radius 2 is 2.03 bits per heavy atom. The number of aromatic nitrogens is 4. The molecule has 30 heavy (non-hydrogen) atoms. The average molecular weight is 438 g/mol. The fourth-order valence-electron chi connectivity index (χ4n) is 2.93. The summed E-state index contributed by atoms with van der Waals surface area (Å²) in [6.07, 6.45) is 1.77. The standard InChI is InChI=1S/C21H19N5O2S2/c1-3-12-26-19(14-8-4-6-10-16(14)28-2)24-25-21(26)29-13-18(27)23-20-22-15-9-5-7-11-17(15)30-20/h3-11H,1,12-13H2,2H3,(H,22,23,27). The third kappa shape index (κ3) is 4.22. The molecule has 0 unspecified atom stereocenters. The summed E-state index contributed by atoms with van der Waals surface area (Å²) in [6.45, 7) is 4.34. The van der Waals surface area contributed by atoms with E-state index in [-0.39, 0.29) is 11.7 Å². The molecule has 7 nitrogen and oxygen atoms in total. The predicted octanol–water partition coefficient (Wildman–Crippen LogP) is 4.48. The number of carbonyl (C=O) groups is 1. The number of hydrogen-bond donors (Lipinski definition) is 1. The lowest BCUT2D eigenvalue weighted by atomic mass is 10.2. The number of para-hydroxylation sites is 2. The van der Waals surface area contributed by atoms with Crippen LogP contribution in [0.25, 0.3) is 21.6 Å². The van der Waals surface area contributed by atoms with E-state index in [4.69, 9.17) is 4.74 Å². The second-order valence-electron chi connectivity index (χ2n) is 6.23. The Morgan fingerprint density at radius 1 is 1.23 bits per heavy atom. The summed E-state index contributed by atoms with van der Waals surface area (Å²) >= 11 is 2.77. The molecule has 0 saturated carbocycles. The van der Waals surface area contributed by atoms with Crippen LogP contribution in [0.2, 0.25) is 0 Å². The van der Waals surface area contributed by atoms with E-state index in [1.54, 1.807) is 13.2 Å². The minimum absolute atomic E-state index is 0.147. The van der Waals surface area contributed by atoms with Gasteiger partial charge in [-0.05, 0) is 24.3 Å². The first-order chi connectivity index (χ1) is 14.7. The number of amides is 1. The van der Waals surface area contributed by atoms with Crippen molar-refractivity contribution < 1.29 is 9.53 Å². The topological polar surface area (TPSA) is 81.9 Å². The molecule has 0 radical (unpaired) electrons. The van der Waals surface area contributed by atoms with Crippen molar-refractivity contribution in [1.29, 1.82) is 0 Å². The molecular weight excluding hydrogens is 418 g/mol. The largest absolute Gasteiger partial charge is 0.496 e. The minimum Gasteiger partial charge on any atom is -0.496 e. The number of ether oxygens (including phenoxy) is 1. The van der Waals surface area contributed by atoms with Gasteiger partial charge in [0, 0.05) is 6.54 Å². The lowest BCUT2D eigenvalue weighted by Gasteiger charge is -2.10. The number of anilines is 1. The summed E-state index contributed by atoms with van der Waals surface area (Å²) < 4.78 is 8.40. The molecule has 4 rings (SSSR count). The van der Waals surface area contributed by atoms with Crippen LogP contribution in [0.4, 0.5) is 5.13 Å². The highest BCUT2D eigenvalue weighted by molar-refractivity contribution is 7.99. The highest BCUT2D eigenvalue weighted by Crippen LogP contribution is 2.31. The lowest BCUT2D eigenvalue weighted by Crippen LogP contribution is -2.14. The van der Waals surface area contributed by atoms with Gasteiger partial charge in [-0.1, -0.05) is 53.4 Å². The van der Waals surface area contributed by atoms with Crippen LogP contribution >= 0.6 is 23.1 Å². The smallest absolute Gasteiger partial charge is 0.236 e. The summed E-state index contributed by atoms with van der Waals surface area (Å²) in [7, 11) is 1.62. The van der Waals surface area contributed by atoms with E-state index < -0.39 is 0 Å². The quantitative estimate of drug-likeness (QED) is 0.323. The molecule has 0 aliphatic heterocycles. The molecular formula is C21H19N5O2S2. The van der Waals surface area contributed by atoms with Crippen LogP contribution in [0.3, 0.4) is 0 Å². The first-order valence-corrected chi connectivity index (χ1v) is 11.0. The van der Waals surface area contributed by atoms with Gasteiger partial charge in [0.25, 0.3) is 0 Å². The maximum atomic E-state index is 12.4. The van der Waals surface area contributed by atoms with Crippen LogP contribution < -0.4 is 10.1 Å². The Kier molecular flexibility index (Phi) is 6.10. The molecule has 0 atom stereocenters.